The van der Waals surface area contributed by atoms with Gasteiger partial charge < -0.3 is 4.74 Å². The SMILES string of the molecule is CN1CN(C)CC(C(=O)NO)(S(=O)(=O)c2ccccc2Oc2ccccc2)C1. The van der Waals surface area contributed by atoms with E-state index in [-0.39, 0.29) is 23.7 Å². The molecule has 0 bridgehead atoms. The van der Waals surface area contributed by atoms with E-state index >= 15 is 0 Å². The molecule has 1 amide bonds. The molecule has 28 heavy (non-hydrogen) atoms. The van der Waals surface area contributed by atoms with Crippen LogP contribution < -0.4 is 10.2 Å². The number of para-hydroxylation sites is 2. The zero-order valence-corrected chi connectivity index (χ0v) is 16.5. The van der Waals surface area contributed by atoms with Crippen molar-refractivity contribution in [2.75, 3.05) is 33.9 Å². The molecule has 1 aliphatic heterocycles. The van der Waals surface area contributed by atoms with Gasteiger partial charge in [0.15, 0.2) is 14.6 Å². The molecule has 3 rings (SSSR count). The Balaban J connectivity index is 2.11. The van der Waals surface area contributed by atoms with Crippen molar-refractivity contribution >= 4 is 15.7 Å². The van der Waals surface area contributed by atoms with Gasteiger partial charge in [0.1, 0.15) is 16.4 Å². The van der Waals surface area contributed by atoms with Crippen LogP contribution >= 0.6 is 0 Å². The lowest BCUT2D eigenvalue weighted by Crippen LogP contribution is -2.67. The normalized spacial score (nSPS) is 17.8. The number of carbonyl (C=O) groups is 1. The molecule has 1 fully saturated rings. The molecule has 9 heteroatoms. The Morgan fingerprint density at radius 2 is 1.61 bits per heavy atom. The zero-order chi connectivity index (χ0) is 20.4. The van der Waals surface area contributed by atoms with Crippen molar-refractivity contribution in [3.05, 3.63) is 54.6 Å². The number of nitrogens with zero attached hydrogens (tertiary/aromatic N) is 2. The first-order chi connectivity index (χ1) is 13.3. The maximum Gasteiger partial charge on any atom is 0.267 e. The second kappa shape index (κ2) is 7.88. The number of rotatable bonds is 5. The standard InChI is InChI=1S/C19H23N3O5S/c1-21-12-19(18(23)20-24,13-22(2)14-21)28(25,26)17-11-7-6-10-16(17)27-15-8-4-3-5-9-15/h3-11,24H,12-14H2,1-2H3,(H,20,23). The van der Waals surface area contributed by atoms with Crippen molar-refractivity contribution in [3.63, 3.8) is 0 Å². The molecule has 0 atom stereocenters. The average molecular weight is 405 g/mol. The second-order valence-electron chi connectivity index (χ2n) is 6.97. The third-order valence-electron chi connectivity index (χ3n) is 4.67. The van der Waals surface area contributed by atoms with E-state index in [2.05, 4.69) is 0 Å². The maximum atomic E-state index is 13.7. The van der Waals surface area contributed by atoms with Gasteiger partial charge in [0.05, 0.1) is 6.67 Å². The predicted molar refractivity (Wildman–Crippen MR) is 103 cm³/mol. The van der Waals surface area contributed by atoms with Gasteiger partial charge in [0.2, 0.25) is 0 Å². The molecule has 8 nitrogen and oxygen atoms in total. The van der Waals surface area contributed by atoms with Gasteiger partial charge in [-0.05, 0) is 38.4 Å². The summed E-state index contributed by atoms with van der Waals surface area (Å²) < 4.78 is 31.3. The average Bonchev–Trinajstić information content (AvgIpc) is 2.67. The molecular weight excluding hydrogens is 382 g/mol. The monoisotopic (exact) mass is 405 g/mol. The Bertz CT molecular complexity index is 939. The van der Waals surface area contributed by atoms with Crippen LogP contribution in [0.25, 0.3) is 0 Å². The van der Waals surface area contributed by atoms with Gasteiger partial charge in [0, 0.05) is 13.1 Å². The summed E-state index contributed by atoms with van der Waals surface area (Å²) in [6.07, 6.45) is 0. The van der Waals surface area contributed by atoms with Gasteiger partial charge in [-0.2, -0.15) is 0 Å². The van der Waals surface area contributed by atoms with Gasteiger partial charge >= 0.3 is 0 Å². The van der Waals surface area contributed by atoms with Gasteiger partial charge in [-0.15, -0.1) is 0 Å². The van der Waals surface area contributed by atoms with Crippen LogP contribution in [-0.2, 0) is 14.6 Å². The van der Waals surface area contributed by atoms with Crippen molar-refractivity contribution in [1.82, 2.24) is 15.3 Å². The number of benzene rings is 2. The minimum Gasteiger partial charge on any atom is -0.456 e. The lowest BCUT2D eigenvalue weighted by molar-refractivity contribution is -0.134. The van der Waals surface area contributed by atoms with E-state index in [1.54, 1.807) is 71.8 Å². The van der Waals surface area contributed by atoms with E-state index in [1.165, 1.54) is 6.07 Å². The van der Waals surface area contributed by atoms with Gasteiger partial charge in [-0.3, -0.25) is 19.8 Å². The van der Waals surface area contributed by atoms with Crippen molar-refractivity contribution in [1.29, 1.82) is 0 Å². The molecule has 2 aromatic carbocycles. The van der Waals surface area contributed by atoms with Crippen LogP contribution in [-0.4, -0.2) is 67.9 Å². The number of ether oxygens (including phenoxy) is 1. The fraction of sp³-hybridized carbons (Fsp3) is 0.316. The fourth-order valence-electron chi connectivity index (χ4n) is 3.55. The summed E-state index contributed by atoms with van der Waals surface area (Å²) in [6.45, 7) is 0.371. The first kappa shape index (κ1) is 20.3. The third-order valence-corrected chi connectivity index (χ3v) is 7.06. The number of hydroxylamine groups is 1. The number of sulfone groups is 1. The number of nitrogens with one attached hydrogen (secondary N) is 1. The lowest BCUT2D eigenvalue weighted by Gasteiger charge is -2.43. The Kier molecular flexibility index (Phi) is 5.71. The molecule has 1 saturated heterocycles. The Morgan fingerprint density at radius 1 is 1.04 bits per heavy atom. The summed E-state index contributed by atoms with van der Waals surface area (Å²) in [7, 11) is -0.794. The molecule has 1 aliphatic rings. The number of hydrogen-bond donors (Lipinski definition) is 2. The lowest BCUT2D eigenvalue weighted by atomic mass is 10.1. The van der Waals surface area contributed by atoms with E-state index in [9.17, 15) is 18.4 Å². The Labute approximate surface area is 164 Å². The van der Waals surface area contributed by atoms with Crippen LogP contribution in [0, 0.1) is 0 Å². The third kappa shape index (κ3) is 3.61. The summed E-state index contributed by atoms with van der Waals surface area (Å²) in [4.78, 5) is 16.0. The smallest absolute Gasteiger partial charge is 0.267 e. The highest BCUT2D eigenvalue weighted by Crippen LogP contribution is 2.37. The van der Waals surface area contributed by atoms with Crippen LogP contribution in [0.5, 0.6) is 11.5 Å². The molecule has 0 unspecified atom stereocenters. The second-order valence-corrected chi connectivity index (χ2v) is 9.20. The molecule has 0 aliphatic carbocycles. The van der Waals surface area contributed by atoms with Crippen LogP contribution in [0.15, 0.2) is 59.5 Å². The van der Waals surface area contributed by atoms with Crippen molar-refractivity contribution in [2.24, 2.45) is 0 Å². The van der Waals surface area contributed by atoms with Crippen molar-refractivity contribution < 1.29 is 23.2 Å². The zero-order valence-electron chi connectivity index (χ0n) is 15.7. The number of amides is 1. The molecular formula is C19H23N3O5S. The van der Waals surface area contributed by atoms with Crippen LogP contribution in [0.4, 0.5) is 0 Å². The Morgan fingerprint density at radius 3 is 2.21 bits per heavy atom. The first-order valence-electron chi connectivity index (χ1n) is 8.68. The van der Waals surface area contributed by atoms with E-state index in [0.29, 0.717) is 12.4 Å². The maximum absolute atomic E-state index is 13.7. The molecule has 150 valence electrons. The fourth-order valence-corrected chi connectivity index (χ4v) is 5.68. The van der Waals surface area contributed by atoms with Gasteiger partial charge in [-0.25, -0.2) is 13.9 Å². The van der Waals surface area contributed by atoms with E-state index in [4.69, 9.17) is 4.74 Å². The van der Waals surface area contributed by atoms with Crippen LogP contribution in [0.2, 0.25) is 0 Å². The van der Waals surface area contributed by atoms with Crippen molar-refractivity contribution in [3.8, 4) is 11.5 Å². The molecule has 1 heterocycles. The van der Waals surface area contributed by atoms with Crippen LogP contribution in [0.3, 0.4) is 0 Å². The summed E-state index contributed by atoms with van der Waals surface area (Å²) in [5.41, 5.74) is 1.55. The van der Waals surface area contributed by atoms with E-state index < -0.39 is 20.5 Å². The van der Waals surface area contributed by atoms with Gasteiger partial charge in [-0.1, -0.05) is 30.3 Å². The summed E-state index contributed by atoms with van der Waals surface area (Å²) in [5, 5.41) is 9.31. The van der Waals surface area contributed by atoms with Gasteiger partial charge in [0.25, 0.3) is 5.91 Å². The first-order valence-corrected chi connectivity index (χ1v) is 10.2. The molecule has 0 saturated carbocycles. The minimum atomic E-state index is -4.23. The predicted octanol–water partition coefficient (Wildman–Crippen LogP) is 1.33. The topological polar surface area (TPSA) is 99.2 Å². The quantitative estimate of drug-likeness (QED) is 0.572. The molecule has 0 aromatic heterocycles. The minimum absolute atomic E-state index is 0.0638. The molecule has 2 N–H and O–H groups in total. The molecule has 0 spiro atoms. The van der Waals surface area contributed by atoms with E-state index in [0.717, 1.165) is 0 Å². The summed E-state index contributed by atoms with van der Waals surface area (Å²) in [6, 6.07) is 15.0. The van der Waals surface area contributed by atoms with Crippen LogP contribution in [0.1, 0.15) is 0 Å². The molecule has 0 radical (unpaired) electrons. The summed E-state index contributed by atoms with van der Waals surface area (Å²) in [5.74, 6) is -0.376. The van der Waals surface area contributed by atoms with E-state index in [1.807, 2.05) is 6.07 Å². The highest BCUT2D eigenvalue weighted by Gasteiger charge is 2.55. The Hall–Kier alpha value is -2.46. The number of hydrogen-bond acceptors (Lipinski definition) is 7. The molecule has 2 aromatic rings. The highest BCUT2D eigenvalue weighted by molar-refractivity contribution is 7.93. The van der Waals surface area contributed by atoms with Crippen molar-refractivity contribution in [2.45, 2.75) is 9.64 Å². The highest BCUT2D eigenvalue weighted by atomic mass is 32.2. The summed E-state index contributed by atoms with van der Waals surface area (Å²) >= 11 is 0. The number of carbonyl (C=O) groups excluding carboxylic acids is 1. The largest absolute Gasteiger partial charge is 0.456 e.